The number of methoxy groups -OCH3 is 1. The summed E-state index contributed by atoms with van der Waals surface area (Å²) >= 11 is 0. The number of nitrogens with two attached hydrogens (primary N) is 1. The Kier molecular flexibility index (Phi) is 7.16. The standard InChI is InChI=1S/C31H35N3O8/c1-33(2)13-14-6-9-21(42-5)17(10-14)16-7-8-20(35)23-18(16)11-15-12-19-25(34(3)4)27(37)24(30(32)40)29(39)31(19,41)28(38)22(15)26(23)36/h6-10,15,19,25,35-36,39,41H,11-13H2,1-5H3,(H2,32,40)/t15-,19+,25-,31-/m0/s1. The zero-order chi connectivity index (χ0) is 30.8. The molecule has 0 aliphatic heterocycles. The number of hydrogen-bond donors (Lipinski definition) is 5. The molecule has 0 spiro atoms. The van der Waals surface area contributed by atoms with Gasteiger partial charge >= 0.3 is 0 Å². The van der Waals surface area contributed by atoms with Crippen molar-refractivity contribution in [2.75, 3.05) is 35.3 Å². The summed E-state index contributed by atoms with van der Waals surface area (Å²) in [4.78, 5) is 43.0. The summed E-state index contributed by atoms with van der Waals surface area (Å²) in [6, 6.07) is 7.77. The first kappa shape index (κ1) is 29.3. The number of likely N-dealkylation sites (N-methyl/N-ethyl adjacent to an activating group) is 1. The third kappa shape index (κ3) is 4.19. The molecule has 3 aliphatic rings. The molecule has 4 atom stereocenters. The zero-order valence-corrected chi connectivity index (χ0v) is 24.1. The first-order valence-electron chi connectivity index (χ1n) is 13.6. The molecule has 1 fully saturated rings. The van der Waals surface area contributed by atoms with E-state index in [1.165, 1.54) is 11.0 Å². The van der Waals surface area contributed by atoms with Crippen LogP contribution in [0.2, 0.25) is 0 Å². The lowest BCUT2D eigenvalue weighted by Gasteiger charge is -2.50. The van der Waals surface area contributed by atoms with E-state index in [1.807, 2.05) is 37.2 Å². The van der Waals surface area contributed by atoms with Gasteiger partial charge in [0.2, 0.25) is 5.78 Å². The van der Waals surface area contributed by atoms with Gasteiger partial charge in [-0.3, -0.25) is 19.3 Å². The Morgan fingerprint density at radius 3 is 2.36 bits per heavy atom. The highest BCUT2D eigenvalue weighted by atomic mass is 16.5. The van der Waals surface area contributed by atoms with Crippen LogP contribution >= 0.6 is 0 Å². The average Bonchev–Trinajstić information content (AvgIpc) is 2.90. The first-order valence-corrected chi connectivity index (χ1v) is 13.6. The van der Waals surface area contributed by atoms with Gasteiger partial charge in [-0.25, -0.2) is 0 Å². The van der Waals surface area contributed by atoms with E-state index in [1.54, 1.807) is 27.3 Å². The highest BCUT2D eigenvalue weighted by Gasteiger charge is 2.64. The van der Waals surface area contributed by atoms with Gasteiger partial charge in [0.15, 0.2) is 11.4 Å². The molecule has 0 radical (unpaired) electrons. The molecule has 222 valence electrons. The van der Waals surface area contributed by atoms with Crippen LogP contribution < -0.4 is 10.5 Å². The van der Waals surface area contributed by atoms with Gasteiger partial charge in [0.05, 0.1) is 18.7 Å². The number of nitrogens with zero attached hydrogens (tertiary/aromatic N) is 2. The number of ether oxygens (including phenoxy) is 1. The van der Waals surface area contributed by atoms with Crippen LogP contribution in [0.4, 0.5) is 0 Å². The number of benzene rings is 2. The van der Waals surface area contributed by atoms with Crippen molar-refractivity contribution in [1.82, 2.24) is 9.80 Å². The molecule has 0 saturated heterocycles. The number of fused-ring (bicyclic) bond motifs is 3. The Balaban J connectivity index is 1.73. The van der Waals surface area contributed by atoms with E-state index in [-0.39, 0.29) is 29.7 Å². The normalized spacial score (nSPS) is 25.5. The maximum atomic E-state index is 14.1. The van der Waals surface area contributed by atoms with E-state index >= 15 is 0 Å². The number of amides is 1. The van der Waals surface area contributed by atoms with Crippen LogP contribution in [0.25, 0.3) is 16.9 Å². The molecule has 0 bridgehead atoms. The summed E-state index contributed by atoms with van der Waals surface area (Å²) in [7, 11) is 8.59. The molecular formula is C31H35N3O8. The Morgan fingerprint density at radius 1 is 1.07 bits per heavy atom. The molecular weight excluding hydrogens is 542 g/mol. The Bertz CT molecular complexity index is 1590. The minimum Gasteiger partial charge on any atom is -0.508 e. The molecule has 2 aromatic carbocycles. The number of aromatic hydroxyl groups is 1. The number of rotatable bonds is 6. The molecule has 0 unspecified atom stereocenters. The van der Waals surface area contributed by atoms with E-state index in [9.17, 15) is 34.8 Å². The lowest BCUT2D eigenvalue weighted by atomic mass is 9.57. The number of carbonyl (C=O) groups is 3. The summed E-state index contributed by atoms with van der Waals surface area (Å²) in [5, 5.41) is 45.3. The van der Waals surface area contributed by atoms with E-state index in [0.29, 0.717) is 23.4 Å². The number of primary amides is 1. The van der Waals surface area contributed by atoms with Gasteiger partial charge in [-0.15, -0.1) is 0 Å². The van der Waals surface area contributed by atoms with Crippen molar-refractivity contribution >= 4 is 23.2 Å². The lowest BCUT2D eigenvalue weighted by Crippen LogP contribution is -2.65. The number of phenols is 1. The van der Waals surface area contributed by atoms with Gasteiger partial charge < -0.3 is 35.8 Å². The van der Waals surface area contributed by atoms with Gasteiger partial charge in [0.1, 0.15) is 28.6 Å². The molecule has 1 amide bonds. The molecule has 0 aromatic heterocycles. The first-order chi connectivity index (χ1) is 19.7. The smallest absolute Gasteiger partial charge is 0.255 e. The predicted molar refractivity (Wildman–Crippen MR) is 154 cm³/mol. The number of carbonyl (C=O) groups excluding carboxylic acids is 3. The Hall–Kier alpha value is -4.19. The molecule has 3 aliphatic carbocycles. The van der Waals surface area contributed by atoms with E-state index < -0.39 is 58.0 Å². The maximum Gasteiger partial charge on any atom is 0.255 e. The van der Waals surface area contributed by atoms with E-state index in [4.69, 9.17) is 10.5 Å². The number of aliphatic hydroxyl groups is 3. The van der Waals surface area contributed by atoms with Gasteiger partial charge in [-0.1, -0.05) is 12.1 Å². The van der Waals surface area contributed by atoms with Crippen LogP contribution in [-0.4, -0.2) is 94.6 Å². The van der Waals surface area contributed by atoms with Crippen molar-refractivity contribution in [3.8, 4) is 22.6 Å². The van der Waals surface area contributed by atoms with Crippen LogP contribution in [-0.2, 0) is 27.3 Å². The van der Waals surface area contributed by atoms with Gasteiger partial charge in [0.25, 0.3) is 5.91 Å². The Morgan fingerprint density at radius 2 is 1.76 bits per heavy atom. The van der Waals surface area contributed by atoms with Crippen LogP contribution in [0.3, 0.4) is 0 Å². The summed E-state index contributed by atoms with van der Waals surface area (Å²) in [5.41, 5.74) is 4.70. The molecule has 6 N–H and O–H groups in total. The molecule has 42 heavy (non-hydrogen) atoms. The number of phenolic OH excluding ortho intramolecular Hbond substituents is 1. The average molecular weight is 578 g/mol. The number of aliphatic hydroxyl groups excluding tert-OH is 2. The SMILES string of the molecule is COc1ccc(CN(C)C)cc1-c1ccc(O)c2c1C[C@H]1C[C@@H]3[C@H](N(C)C)C(=O)C(C(N)=O)=C(O)[C@@]3(O)C(=O)C1=C2O. The van der Waals surface area contributed by atoms with Gasteiger partial charge in [-0.05, 0) is 81.8 Å². The predicted octanol–water partition coefficient (Wildman–Crippen LogP) is 1.70. The highest BCUT2D eigenvalue weighted by molar-refractivity contribution is 6.24. The number of hydrogen-bond acceptors (Lipinski definition) is 10. The second kappa shape index (κ2) is 10.3. The Labute approximate surface area is 243 Å². The maximum absolute atomic E-state index is 14.1. The van der Waals surface area contributed by atoms with Crippen molar-refractivity contribution in [1.29, 1.82) is 0 Å². The van der Waals surface area contributed by atoms with Crippen molar-refractivity contribution in [2.24, 2.45) is 17.6 Å². The van der Waals surface area contributed by atoms with Crippen LogP contribution in [0, 0.1) is 11.8 Å². The summed E-state index contributed by atoms with van der Waals surface area (Å²) in [5.74, 6) is -6.27. The summed E-state index contributed by atoms with van der Waals surface area (Å²) in [6.07, 6.45) is 0.192. The monoisotopic (exact) mass is 577 g/mol. The largest absolute Gasteiger partial charge is 0.508 e. The van der Waals surface area contributed by atoms with Gasteiger partial charge in [-0.2, -0.15) is 0 Å². The van der Waals surface area contributed by atoms with E-state index in [0.717, 1.165) is 11.1 Å². The lowest BCUT2D eigenvalue weighted by molar-refractivity contribution is -0.153. The minimum absolute atomic E-state index is 0.0126. The highest BCUT2D eigenvalue weighted by Crippen LogP contribution is 2.54. The summed E-state index contributed by atoms with van der Waals surface area (Å²) < 4.78 is 5.66. The molecule has 11 nitrogen and oxygen atoms in total. The fraction of sp³-hybridized carbons (Fsp3) is 0.387. The molecule has 0 heterocycles. The van der Waals surface area contributed by atoms with Crippen LogP contribution in [0.5, 0.6) is 11.5 Å². The molecule has 5 rings (SSSR count). The molecule has 2 aromatic rings. The molecule has 11 heteroatoms. The number of ketones is 2. The zero-order valence-electron chi connectivity index (χ0n) is 24.1. The second-order valence-electron chi connectivity index (χ2n) is 11.7. The van der Waals surface area contributed by atoms with Crippen LogP contribution in [0.15, 0.2) is 47.2 Å². The molecule has 1 saturated carbocycles. The second-order valence-corrected chi connectivity index (χ2v) is 11.7. The van der Waals surface area contributed by atoms with Crippen molar-refractivity contribution in [3.05, 3.63) is 63.9 Å². The van der Waals surface area contributed by atoms with E-state index in [2.05, 4.69) is 0 Å². The fourth-order valence-electron chi connectivity index (χ4n) is 6.93. The van der Waals surface area contributed by atoms with Gasteiger partial charge in [0, 0.05) is 23.6 Å². The van der Waals surface area contributed by atoms with Crippen molar-refractivity contribution in [2.45, 2.75) is 31.0 Å². The minimum atomic E-state index is -2.68. The third-order valence-corrected chi connectivity index (χ3v) is 8.66. The third-order valence-electron chi connectivity index (χ3n) is 8.66. The topological polar surface area (TPSA) is 174 Å². The fourth-order valence-corrected chi connectivity index (χ4v) is 6.93. The van der Waals surface area contributed by atoms with Crippen LogP contribution in [0.1, 0.15) is 23.1 Å². The van der Waals surface area contributed by atoms with Crippen molar-refractivity contribution in [3.63, 3.8) is 0 Å². The van der Waals surface area contributed by atoms with Crippen molar-refractivity contribution < 1.29 is 39.5 Å². The summed E-state index contributed by atoms with van der Waals surface area (Å²) in [6.45, 7) is 0.661. The quantitative estimate of drug-likeness (QED) is 0.318. The number of Topliss-reactive ketones (excluding diaryl/α,β-unsaturated/α-hetero) is 2.